The van der Waals surface area contributed by atoms with E-state index in [1.54, 1.807) is 13.8 Å². The van der Waals surface area contributed by atoms with Gasteiger partial charge in [-0.3, -0.25) is 9.59 Å². The number of hydrogen-bond donors (Lipinski definition) is 3. The van der Waals surface area contributed by atoms with E-state index in [0.717, 1.165) is 0 Å². The van der Waals surface area contributed by atoms with E-state index in [9.17, 15) is 14.7 Å². The maximum Gasteiger partial charge on any atom is 0.245 e. The van der Waals surface area contributed by atoms with Crippen molar-refractivity contribution < 1.29 is 14.7 Å². The molecular weight excluding hydrogens is 268 g/mol. The molecule has 0 bridgehead atoms. The van der Waals surface area contributed by atoms with Crippen LogP contribution in [-0.2, 0) is 9.59 Å². The third-order valence-corrected chi connectivity index (χ3v) is 4.21. The Kier molecular flexibility index (Phi) is 6.65. The average Bonchev–Trinajstić information content (AvgIpc) is 2.87. The second kappa shape index (κ2) is 7.78. The Morgan fingerprint density at radius 1 is 1.24 bits per heavy atom. The molecule has 5 nitrogen and oxygen atoms in total. The fraction of sp³-hybridized carbons (Fsp3) is 0.875. The second-order valence-electron chi connectivity index (χ2n) is 7.05. The molecule has 0 heterocycles. The summed E-state index contributed by atoms with van der Waals surface area (Å²) in [5.41, 5.74) is -0.952. The standard InChI is InChI=1S/C16H30N2O3/c1-11(2)13(19)9-14(20)18-16(3,4)15(21)17-10-12-7-5-6-8-12/h11-13,19H,5-10H2,1-4H3,(H,17,21)(H,18,20). The number of amides is 2. The highest BCUT2D eigenvalue weighted by molar-refractivity contribution is 5.90. The van der Waals surface area contributed by atoms with Crippen molar-refractivity contribution in [3.8, 4) is 0 Å². The highest BCUT2D eigenvalue weighted by Gasteiger charge is 2.30. The molecule has 1 aliphatic carbocycles. The van der Waals surface area contributed by atoms with E-state index in [2.05, 4.69) is 10.6 Å². The minimum absolute atomic E-state index is 0.0232. The predicted octanol–water partition coefficient (Wildman–Crippen LogP) is 1.59. The Hall–Kier alpha value is -1.10. The summed E-state index contributed by atoms with van der Waals surface area (Å²) >= 11 is 0. The van der Waals surface area contributed by atoms with Gasteiger partial charge in [-0.1, -0.05) is 26.7 Å². The highest BCUT2D eigenvalue weighted by atomic mass is 16.3. The largest absolute Gasteiger partial charge is 0.392 e. The Balaban J connectivity index is 2.39. The molecule has 0 aromatic rings. The van der Waals surface area contributed by atoms with E-state index in [0.29, 0.717) is 12.5 Å². The second-order valence-corrected chi connectivity index (χ2v) is 7.05. The topological polar surface area (TPSA) is 78.4 Å². The van der Waals surface area contributed by atoms with E-state index >= 15 is 0 Å². The highest BCUT2D eigenvalue weighted by Crippen LogP contribution is 2.23. The van der Waals surface area contributed by atoms with Crippen molar-refractivity contribution in [2.75, 3.05) is 6.54 Å². The molecule has 0 aromatic carbocycles. The number of nitrogens with one attached hydrogen (secondary N) is 2. The Morgan fingerprint density at radius 3 is 2.33 bits per heavy atom. The molecule has 0 radical (unpaired) electrons. The molecule has 122 valence electrons. The van der Waals surface area contributed by atoms with E-state index < -0.39 is 11.6 Å². The minimum Gasteiger partial charge on any atom is -0.392 e. The summed E-state index contributed by atoms with van der Waals surface area (Å²) in [6.45, 7) is 7.79. The molecule has 5 heteroatoms. The van der Waals surface area contributed by atoms with Gasteiger partial charge in [0, 0.05) is 6.54 Å². The first-order valence-electron chi connectivity index (χ1n) is 7.99. The van der Waals surface area contributed by atoms with Crippen LogP contribution in [0.25, 0.3) is 0 Å². The zero-order valence-corrected chi connectivity index (χ0v) is 13.7. The Labute approximate surface area is 127 Å². The van der Waals surface area contributed by atoms with Gasteiger partial charge in [0.2, 0.25) is 11.8 Å². The molecule has 21 heavy (non-hydrogen) atoms. The van der Waals surface area contributed by atoms with Crippen LogP contribution in [0.4, 0.5) is 0 Å². The number of carbonyl (C=O) groups is 2. The molecular formula is C16H30N2O3. The van der Waals surface area contributed by atoms with Crippen LogP contribution in [0.5, 0.6) is 0 Å². The number of aliphatic hydroxyl groups is 1. The summed E-state index contributed by atoms with van der Waals surface area (Å²) in [5.74, 6) is 0.136. The average molecular weight is 298 g/mol. The van der Waals surface area contributed by atoms with Gasteiger partial charge in [0.1, 0.15) is 5.54 Å². The van der Waals surface area contributed by atoms with E-state index in [4.69, 9.17) is 0 Å². The fourth-order valence-corrected chi connectivity index (χ4v) is 2.55. The molecule has 1 fully saturated rings. The summed E-state index contributed by atoms with van der Waals surface area (Å²) in [6.07, 6.45) is 4.18. The van der Waals surface area contributed by atoms with E-state index in [1.165, 1.54) is 25.7 Å². The molecule has 2 amide bonds. The van der Waals surface area contributed by atoms with Gasteiger partial charge in [0.05, 0.1) is 12.5 Å². The molecule has 1 aliphatic rings. The molecule has 1 atom stereocenters. The SMILES string of the molecule is CC(C)C(O)CC(=O)NC(C)(C)C(=O)NCC1CCCC1. The van der Waals surface area contributed by atoms with Crippen LogP contribution in [0.1, 0.15) is 59.8 Å². The van der Waals surface area contributed by atoms with Crippen molar-refractivity contribution in [2.24, 2.45) is 11.8 Å². The Morgan fingerprint density at radius 2 is 1.81 bits per heavy atom. The molecule has 0 aromatic heterocycles. The van der Waals surface area contributed by atoms with Crippen molar-refractivity contribution in [3.05, 3.63) is 0 Å². The van der Waals surface area contributed by atoms with Gasteiger partial charge in [-0.2, -0.15) is 0 Å². The molecule has 0 saturated heterocycles. The molecule has 3 N–H and O–H groups in total. The first-order chi connectivity index (χ1) is 9.72. The number of rotatable bonds is 7. The van der Waals surface area contributed by atoms with Crippen molar-refractivity contribution >= 4 is 11.8 Å². The zero-order chi connectivity index (χ0) is 16.0. The smallest absolute Gasteiger partial charge is 0.245 e. The zero-order valence-electron chi connectivity index (χ0n) is 13.7. The van der Waals surface area contributed by atoms with Gasteiger partial charge < -0.3 is 15.7 Å². The summed E-state index contributed by atoms with van der Waals surface area (Å²) in [7, 11) is 0. The van der Waals surface area contributed by atoms with Gasteiger partial charge >= 0.3 is 0 Å². The van der Waals surface area contributed by atoms with Gasteiger partial charge in [-0.05, 0) is 38.5 Å². The van der Waals surface area contributed by atoms with Gasteiger partial charge in [0.15, 0.2) is 0 Å². The summed E-state index contributed by atoms with van der Waals surface area (Å²) in [5, 5.41) is 15.4. The Bertz CT molecular complexity index is 361. The molecule has 1 saturated carbocycles. The van der Waals surface area contributed by atoms with Crippen LogP contribution in [0.15, 0.2) is 0 Å². The summed E-state index contributed by atoms with van der Waals surface area (Å²) in [4.78, 5) is 24.1. The maximum absolute atomic E-state index is 12.2. The van der Waals surface area contributed by atoms with E-state index in [1.807, 2.05) is 13.8 Å². The van der Waals surface area contributed by atoms with Gasteiger partial charge in [-0.15, -0.1) is 0 Å². The van der Waals surface area contributed by atoms with Crippen molar-refractivity contribution in [3.63, 3.8) is 0 Å². The molecule has 0 spiro atoms. The van der Waals surface area contributed by atoms with Crippen LogP contribution in [0.2, 0.25) is 0 Å². The van der Waals surface area contributed by atoms with Crippen molar-refractivity contribution in [1.82, 2.24) is 10.6 Å². The van der Waals surface area contributed by atoms with Gasteiger partial charge in [0.25, 0.3) is 0 Å². The van der Waals surface area contributed by atoms with Crippen molar-refractivity contribution in [1.29, 1.82) is 0 Å². The van der Waals surface area contributed by atoms with Crippen LogP contribution in [0, 0.1) is 11.8 Å². The monoisotopic (exact) mass is 298 g/mol. The molecule has 1 unspecified atom stereocenters. The third kappa shape index (κ3) is 6.04. The maximum atomic E-state index is 12.2. The lowest BCUT2D eigenvalue weighted by atomic mass is 10.0. The number of carbonyl (C=O) groups excluding carboxylic acids is 2. The van der Waals surface area contributed by atoms with E-state index in [-0.39, 0.29) is 24.2 Å². The number of hydrogen-bond acceptors (Lipinski definition) is 3. The van der Waals surface area contributed by atoms with Gasteiger partial charge in [-0.25, -0.2) is 0 Å². The third-order valence-electron chi connectivity index (χ3n) is 4.21. The summed E-state index contributed by atoms with van der Waals surface area (Å²) in [6, 6.07) is 0. The van der Waals surface area contributed by atoms with Crippen LogP contribution < -0.4 is 10.6 Å². The molecule has 0 aliphatic heterocycles. The van der Waals surface area contributed by atoms with Crippen molar-refractivity contribution in [2.45, 2.75) is 71.4 Å². The fourth-order valence-electron chi connectivity index (χ4n) is 2.55. The summed E-state index contributed by atoms with van der Waals surface area (Å²) < 4.78 is 0. The minimum atomic E-state index is -0.952. The quantitative estimate of drug-likeness (QED) is 0.668. The molecule has 1 rings (SSSR count). The lowest BCUT2D eigenvalue weighted by molar-refractivity contribution is -0.133. The number of aliphatic hydroxyl groups excluding tert-OH is 1. The van der Waals surface area contributed by atoms with Crippen LogP contribution in [-0.4, -0.2) is 35.1 Å². The first kappa shape index (κ1) is 18.0. The normalized spacial score (nSPS) is 17.8. The van der Waals surface area contributed by atoms with Crippen LogP contribution in [0.3, 0.4) is 0 Å². The lowest BCUT2D eigenvalue weighted by Gasteiger charge is -2.27. The van der Waals surface area contributed by atoms with Crippen LogP contribution >= 0.6 is 0 Å². The first-order valence-corrected chi connectivity index (χ1v) is 7.99. The lowest BCUT2D eigenvalue weighted by Crippen LogP contribution is -2.55. The predicted molar refractivity (Wildman–Crippen MR) is 82.7 cm³/mol.